The summed E-state index contributed by atoms with van der Waals surface area (Å²) in [4.78, 5) is 45.0. The molecule has 2 rings (SSSR count). The molecule has 0 aliphatic rings. The molecule has 8 heteroatoms. The van der Waals surface area contributed by atoms with Gasteiger partial charge in [0.1, 0.15) is 0 Å². The third-order valence-corrected chi connectivity index (χ3v) is 3.51. The monoisotopic (exact) mass is 296 g/mol. The maximum Gasteiger partial charge on any atom is 0.325 e. The average molecular weight is 296 g/mol. The van der Waals surface area contributed by atoms with E-state index in [0.29, 0.717) is 16.6 Å². The van der Waals surface area contributed by atoms with Gasteiger partial charge in [0.05, 0.1) is 17.2 Å². The van der Waals surface area contributed by atoms with Crippen LogP contribution in [-0.4, -0.2) is 25.9 Å². The Kier molecular flexibility index (Phi) is 4.04. The number of fused-ring (bicyclic) bond motifs is 1. The minimum absolute atomic E-state index is 0.217. The van der Waals surface area contributed by atoms with Gasteiger partial charge < -0.3 is 19.8 Å². The Hall–Kier alpha value is -1.95. The summed E-state index contributed by atoms with van der Waals surface area (Å²) in [6.45, 7) is 0. The van der Waals surface area contributed by atoms with Crippen LogP contribution >= 0.6 is 7.60 Å². The van der Waals surface area contributed by atoms with E-state index < -0.39 is 18.7 Å². The van der Waals surface area contributed by atoms with Crippen molar-refractivity contribution < 1.29 is 14.4 Å². The van der Waals surface area contributed by atoms with Gasteiger partial charge in [0, 0.05) is 0 Å². The van der Waals surface area contributed by atoms with Crippen LogP contribution in [0.5, 0.6) is 0 Å². The number of benzene rings is 1. The predicted molar refractivity (Wildman–Crippen MR) is 75.8 cm³/mol. The van der Waals surface area contributed by atoms with E-state index in [2.05, 4.69) is 9.97 Å². The number of hydrogen-bond acceptors (Lipinski definition) is 3. The summed E-state index contributed by atoms with van der Waals surface area (Å²) in [5, 5.41) is 0. The van der Waals surface area contributed by atoms with Gasteiger partial charge in [0.15, 0.2) is 0 Å². The number of allylic oxidation sites excluding steroid dienone is 1. The van der Waals surface area contributed by atoms with Crippen molar-refractivity contribution in [3.63, 3.8) is 0 Å². The molecular weight excluding hydrogens is 283 g/mol. The summed E-state index contributed by atoms with van der Waals surface area (Å²) >= 11 is 0. The predicted octanol–water partition coefficient (Wildman–Crippen LogP) is 0.797. The van der Waals surface area contributed by atoms with Crippen molar-refractivity contribution in [1.29, 1.82) is 0 Å². The van der Waals surface area contributed by atoms with E-state index in [0.717, 1.165) is 0 Å². The summed E-state index contributed by atoms with van der Waals surface area (Å²) in [6.07, 6.45) is 3.24. The van der Waals surface area contributed by atoms with Crippen LogP contribution in [0.15, 0.2) is 33.9 Å². The minimum Gasteiger partial charge on any atom is -0.324 e. The van der Waals surface area contributed by atoms with Gasteiger partial charge in [-0.2, -0.15) is 0 Å². The SMILES string of the molecule is O=c1[nH]c2cccc(C=CCCP(=O)(O)O)c2[nH]c1=O. The molecule has 0 fully saturated rings. The van der Waals surface area contributed by atoms with Gasteiger partial charge >= 0.3 is 18.7 Å². The molecule has 0 saturated heterocycles. The van der Waals surface area contributed by atoms with Crippen molar-refractivity contribution in [2.75, 3.05) is 6.16 Å². The first-order chi connectivity index (χ1) is 9.37. The maximum absolute atomic E-state index is 11.3. The molecule has 1 heterocycles. The lowest BCUT2D eigenvalue weighted by atomic mass is 10.1. The van der Waals surface area contributed by atoms with Crippen molar-refractivity contribution in [2.45, 2.75) is 6.42 Å². The molecular formula is C12H13N2O5P. The fraction of sp³-hybridized carbons (Fsp3) is 0.167. The van der Waals surface area contributed by atoms with Gasteiger partial charge in [-0.25, -0.2) is 0 Å². The van der Waals surface area contributed by atoms with Gasteiger partial charge in [-0.3, -0.25) is 14.2 Å². The molecule has 0 aliphatic carbocycles. The average Bonchev–Trinajstić information content (AvgIpc) is 2.35. The molecule has 1 aromatic carbocycles. The Morgan fingerprint density at radius 3 is 2.55 bits per heavy atom. The summed E-state index contributed by atoms with van der Waals surface area (Å²) < 4.78 is 10.7. The number of aromatic nitrogens is 2. The van der Waals surface area contributed by atoms with E-state index in [1.165, 1.54) is 0 Å². The number of rotatable bonds is 4. The standard InChI is InChI=1S/C12H13N2O5P/c15-11-12(16)14-10-8(5-3-6-9(10)13-11)4-1-2-7-20(17,18)19/h1,3-6H,2,7H2,(H,13,15)(H,14,16)(H2,17,18,19). The van der Waals surface area contributed by atoms with Crippen LogP contribution in [0.25, 0.3) is 17.1 Å². The van der Waals surface area contributed by atoms with Gasteiger partial charge in [-0.1, -0.05) is 24.3 Å². The molecule has 0 aliphatic heterocycles. The molecule has 0 saturated carbocycles. The van der Waals surface area contributed by atoms with Crippen LogP contribution in [0, 0.1) is 0 Å². The molecule has 0 radical (unpaired) electrons. The quantitative estimate of drug-likeness (QED) is 0.491. The topological polar surface area (TPSA) is 123 Å². The van der Waals surface area contributed by atoms with Crippen molar-refractivity contribution in [3.8, 4) is 0 Å². The third kappa shape index (κ3) is 3.54. The summed E-state index contributed by atoms with van der Waals surface area (Å²) in [7, 11) is -4.01. The van der Waals surface area contributed by atoms with E-state index in [1.54, 1.807) is 30.4 Å². The fourth-order valence-electron chi connectivity index (χ4n) is 1.76. The first kappa shape index (κ1) is 14.5. The van der Waals surface area contributed by atoms with E-state index in [9.17, 15) is 14.2 Å². The smallest absolute Gasteiger partial charge is 0.324 e. The Morgan fingerprint density at radius 1 is 1.15 bits per heavy atom. The Balaban J connectivity index is 2.33. The maximum atomic E-state index is 11.3. The van der Waals surface area contributed by atoms with E-state index >= 15 is 0 Å². The van der Waals surface area contributed by atoms with Gasteiger partial charge in [0.2, 0.25) is 0 Å². The van der Waals surface area contributed by atoms with Gasteiger partial charge in [0.25, 0.3) is 0 Å². The number of nitrogens with one attached hydrogen (secondary N) is 2. The lowest BCUT2D eigenvalue weighted by Gasteiger charge is -2.02. The first-order valence-electron chi connectivity index (χ1n) is 5.83. The molecule has 0 spiro atoms. The van der Waals surface area contributed by atoms with Crippen LogP contribution in [0.2, 0.25) is 0 Å². The highest BCUT2D eigenvalue weighted by Gasteiger charge is 2.10. The van der Waals surface area contributed by atoms with Crippen molar-refractivity contribution >= 4 is 24.7 Å². The van der Waals surface area contributed by atoms with Crippen LogP contribution in [-0.2, 0) is 4.57 Å². The van der Waals surface area contributed by atoms with Crippen LogP contribution < -0.4 is 11.1 Å². The molecule has 20 heavy (non-hydrogen) atoms. The highest BCUT2D eigenvalue weighted by atomic mass is 31.2. The molecule has 0 bridgehead atoms. The van der Waals surface area contributed by atoms with Crippen molar-refractivity contribution in [1.82, 2.24) is 9.97 Å². The lowest BCUT2D eigenvalue weighted by molar-refractivity contribution is 0.373. The number of hydrogen-bond donors (Lipinski definition) is 4. The molecule has 2 aromatic rings. The largest absolute Gasteiger partial charge is 0.325 e. The minimum atomic E-state index is -4.01. The van der Waals surface area contributed by atoms with E-state index in [4.69, 9.17) is 9.79 Å². The van der Waals surface area contributed by atoms with Crippen LogP contribution in [0.3, 0.4) is 0 Å². The summed E-state index contributed by atoms with van der Waals surface area (Å²) in [6, 6.07) is 5.09. The van der Waals surface area contributed by atoms with Crippen LogP contribution in [0.1, 0.15) is 12.0 Å². The first-order valence-corrected chi connectivity index (χ1v) is 7.63. The molecule has 0 unspecified atom stereocenters. The number of H-pyrrole nitrogens is 2. The van der Waals surface area contributed by atoms with Crippen molar-refractivity contribution in [3.05, 3.63) is 50.5 Å². The summed E-state index contributed by atoms with van der Waals surface area (Å²) in [5.74, 6) is 0. The van der Waals surface area contributed by atoms with Crippen LogP contribution in [0.4, 0.5) is 0 Å². The molecule has 0 amide bonds. The highest BCUT2D eigenvalue weighted by molar-refractivity contribution is 7.51. The normalized spacial score (nSPS) is 12.3. The number of para-hydroxylation sites is 1. The highest BCUT2D eigenvalue weighted by Crippen LogP contribution is 2.35. The summed E-state index contributed by atoms with van der Waals surface area (Å²) in [5.41, 5.74) is 0.159. The second-order valence-electron chi connectivity index (χ2n) is 4.26. The third-order valence-electron chi connectivity index (χ3n) is 2.67. The zero-order chi connectivity index (χ0) is 14.8. The fourth-order valence-corrected chi connectivity index (χ4v) is 2.24. The second-order valence-corrected chi connectivity index (χ2v) is 6.03. The molecule has 106 valence electrons. The van der Waals surface area contributed by atoms with Gasteiger partial charge in [-0.05, 0) is 18.1 Å². The zero-order valence-corrected chi connectivity index (χ0v) is 11.3. The molecule has 4 N–H and O–H groups in total. The van der Waals surface area contributed by atoms with Crippen molar-refractivity contribution in [2.24, 2.45) is 0 Å². The lowest BCUT2D eigenvalue weighted by Crippen LogP contribution is -2.29. The number of aromatic amines is 2. The van der Waals surface area contributed by atoms with E-state index in [-0.39, 0.29) is 12.6 Å². The Labute approximate surface area is 113 Å². The van der Waals surface area contributed by atoms with E-state index in [1.807, 2.05) is 0 Å². The zero-order valence-electron chi connectivity index (χ0n) is 10.4. The second kappa shape index (κ2) is 5.58. The molecule has 1 aromatic heterocycles. The Morgan fingerprint density at radius 2 is 1.85 bits per heavy atom. The molecule has 7 nitrogen and oxygen atoms in total. The Bertz CT molecular complexity index is 814. The molecule has 0 atom stereocenters. The van der Waals surface area contributed by atoms with Gasteiger partial charge in [-0.15, -0.1) is 0 Å².